The molecule has 0 saturated heterocycles. The number of nitrogens with two attached hydrogens (primary N) is 2. The quantitative estimate of drug-likeness (QED) is 0.198. The summed E-state index contributed by atoms with van der Waals surface area (Å²) in [5, 5.41) is 35.1. The first-order valence-electron chi connectivity index (χ1n) is 5.37. The van der Waals surface area contributed by atoms with Crippen molar-refractivity contribution >= 4 is 127 Å². The molecule has 24 heavy (non-hydrogen) atoms. The zero-order valence-electron chi connectivity index (χ0n) is 11.4. The van der Waals surface area contributed by atoms with Crippen LogP contribution in [0.5, 0.6) is 0 Å². The number of carbonyl (C=O) groups is 4. The zero-order chi connectivity index (χ0) is 16.1. The topological polar surface area (TPSA) is 264 Å². The van der Waals surface area contributed by atoms with Crippen LogP contribution in [0.25, 0.3) is 0 Å². The molecule has 0 aliphatic heterocycles. The Hall–Kier alpha value is 0.993. The van der Waals surface area contributed by atoms with Crippen LogP contribution in [0.4, 0.5) is 0 Å². The average molecular weight is 408 g/mol. The van der Waals surface area contributed by atoms with E-state index in [-0.39, 0.29) is 114 Å². The number of hydrogen-bond donors (Lipinski definition) is 6. The fourth-order valence-corrected chi connectivity index (χ4v) is 1.91. The normalized spacial score (nSPS) is 9.92. The van der Waals surface area contributed by atoms with Gasteiger partial charge in [-0.05, 0) is 0 Å². The second-order valence-corrected chi connectivity index (χ2v) is 4.59. The molecule has 0 radical (unpaired) electrons. The van der Waals surface area contributed by atoms with Gasteiger partial charge >= 0.3 is 127 Å². The predicted molar refractivity (Wildman–Crippen MR) is 84.4 cm³/mol. The first-order chi connectivity index (χ1) is 8.92. The van der Waals surface area contributed by atoms with Crippen molar-refractivity contribution in [2.75, 3.05) is 0 Å². The summed E-state index contributed by atoms with van der Waals surface area (Å²) in [6.45, 7) is 0. The minimum absolute atomic E-state index is 0. The Morgan fingerprint density at radius 2 is 0.708 bits per heavy atom. The number of hydrogen-bond acceptors (Lipinski definition) is 6. The van der Waals surface area contributed by atoms with Crippen molar-refractivity contribution < 1.29 is 50.6 Å². The second kappa shape index (κ2) is 15.1. The van der Waals surface area contributed by atoms with Crippen LogP contribution < -0.4 is 11.5 Å². The molecule has 12 N–H and O–H groups in total. The summed E-state index contributed by atoms with van der Waals surface area (Å²) in [6, 6.07) is 0. The maximum absolute atomic E-state index is 10.8. The Morgan fingerprint density at radius 1 is 0.583 bits per heavy atom. The van der Waals surface area contributed by atoms with E-state index in [9.17, 15) is 19.2 Å². The summed E-state index contributed by atoms with van der Waals surface area (Å²) in [4.78, 5) is 43.2. The Bertz CT molecular complexity index is 373. The van der Waals surface area contributed by atoms with Gasteiger partial charge in [0.1, 0.15) is 0 Å². The fourth-order valence-electron chi connectivity index (χ4n) is 1.91. The van der Waals surface area contributed by atoms with Crippen LogP contribution in [0.2, 0.25) is 0 Å². The van der Waals surface area contributed by atoms with Crippen molar-refractivity contribution in [2.24, 2.45) is 11.5 Å². The predicted octanol–water partition coefficient (Wildman–Crippen LogP) is -4.67. The molecule has 0 rings (SSSR count). The fraction of sp³-hybridized carbons (Fsp3) is 0.600. The standard InChI is InChI=1S/C10H16N2O8.2K.2H2O.2H/c11-9(1-5(13)14,2-6(15)16)10(12,3-7(17)18)4-8(19)20;;;;;;/h1-4,11-12H2,(H,13,14)(H,15,16)(H,17,18)(H,19,20);;;2*1H2;;. The molecule has 0 aliphatic rings. The molecule has 14 heteroatoms. The Morgan fingerprint density at radius 3 is 0.792 bits per heavy atom. The van der Waals surface area contributed by atoms with Gasteiger partial charge in [0.2, 0.25) is 0 Å². The third-order valence-electron chi connectivity index (χ3n) is 2.86. The zero-order valence-corrected chi connectivity index (χ0v) is 11.4. The van der Waals surface area contributed by atoms with Gasteiger partial charge < -0.3 is 42.8 Å². The molecule has 0 aliphatic carbocycles. The van der Waals surface area contributed by atoms with Crippen molar-refractivity contribution in [1.82, 2.24) is 0 Å². The molecular weight excluding hydrogens is 386 g/mol. The molecule has 12 nitrogen and oxygen atoms in total. The van der Waals surface area contributed by atoms with Crippen LogP contribution in [0.3, 0.4) is 0 Å². The molecule has 0 aromatic carbocycles. The van der Waals surface area contributed by atoms with Crippen molar-refractivity contribution in [1.29, 1.82) is 0 Å². The van der Waals surface area contributed by atoms with Crippen LogP contribution in [-0.4, -0.2) is 169 Å². The molecule has 0 bridgehead atoms. The minimum atomic E-state index is -2.22. The van der Waals surface area contributed by atoms with Crippen LogP contribution in [0, 0.1) is 0 Å². The van der Waals surface area contributed by atoms with E-state index in [4.69, 9.17) is 31.9 Å². The number of aliphatic carboxylic acids is 4. The van der Waals surface area contributed by atoms with E-state index >= 15 is 0 Å². The van der Waals surface area contributed by atoms with Gasteiger partial charge in [-0.25, -0.2) is 0 Å². The molecule has 0 aromatic rings. The number of carboxylic acid groups (broad SMARTS) is 4. The third kappa shape index (κ3) is 12.4. The van der Waals surface area contributed by atoms with Crippen LogP contribution in [-0.2, 0) is 19.2 Å². The molecule has 0 aromatic heterocycles. The van der Waals surface area contributed by atoms with Crippen LogP contribution in [0.1, 0.15) is 25.7 Å². The Labute approximate surface area is 221 Å². The summed E-state index contributed by atoms with van der Waals surface area (Å²) in [5.74, 6) is -6.06. The van der Waals surface area contributed by atoms with Crippen LogP contribution >= 0.6 is 0 Å². The summed E-state index contributed by atoms with van der Waals surface area (Å²) in [5.41, 5.74) is 6.88. The Kier molecular flexibility index (Phi) is 22.6. The molecule has 134 valence electrons. The van der Waals surface area contributed by atoms with Gasteiger partial charge in [-0.3, -0.25) is 19.2 Å². The monoisotopic (exact) mass is 408 g/mol. The number of rotatable bonds is 9. The van der Waals surface area contributed by atoms with Gasteiger partial charge in [0, 0.05) is 0 Å². The average Bonchev–Trinajstić information content (AvgIpc) is 2.10. The van der Waals surface area contributed by atoms with Crippen molar-refractivity contribution in [2.45, 2.75) is 36.8 Å². The van der Waals surface area contributed by atoms with Gasteiger partial charge in [0.15, 0.2) is 0 Å². The Balaban J connectivity index is -0.000000301. The van der Waals surface area contributed by atoms with Crippen molar-refractivity contribution in [3.8, 4) is 0 Å². The molecule has 0 atom stereocenters. The molecule has 0 unspecified atom stereocenters. The SMILES string of the molecule is NC(CC(=O)O)(CC(=O)O)C(N)(CC(=O)O)CC(=O)O.O.O.[KH].[KH]. The first-order valence-corrected chi connectivity index (χ1v) is 5.37. The molecule has 0 fully saturated rings. The van der Waals surface area contributed by atoms with Gasteiger partial charge in [-0.2, -0.15) is 0 Å². The van der Waals surface area contributed by atoms with E-state index < -0.39 is 60.6 Å². The summed E-state index contributed by atoms with van der Waals surface area (Å²) in [7, 11) is 0. The van der Waals surface area contributed by atoms with E-state index in [0.29, 0.717) is 0 Å². The van der Waals surface area contributed by atoms with Crippen LogP contribution in [0.15, 0.2) is 0 Å². The van der Waals surface area contributed by atoms with E-state index in [1.165, 1.54) is 0 Å². The van der Waals surface area contributed by atoms with Gasteiger partial charge in [-0.1, -0.05) is 0 Å². The van der Waals surface area contributed by atoms with Crippen molar-refractivity contribution in [3.05, 3.63) is 0 Å². The molecule has 0 amide bonds. The maximum atomic E-state index is 10.8. The van der Waals surface area contributed by atoms with E-state index in [2.05, 4.69) is 0 Å². The molecule has 0 heterocycles. The third-order valence-corrected chi connectivity index (χ3v) is 2.86. The summed E-state index contributed by atoms with van der Waals surface area (Å²) >= 11 is 0. The molecule has 0 saturated carbocycles. The number of carboxylic acids is 4. The van der Waals surface area contributed by atoms with Gasteiger partial charge in [0.25, 0.3) is 0 Å². The summed E-state index contributed by atoms with van der Waals surface area (Å²) in [6.07, 6.45) is -3.90. The first kappa shape index (κ1) is 36.0. The second-order valence-electron chi connectivity index (χ2n) is 4.59. The summed E-state index contributed by atoms with van der Waals surface area (Å²) < 4.78 is 0. The molecule has 0 spiro atoms. The van der Waals surface area contributed by atoms with Gasteiger partial charge in [0.05, 0.1) is 36.8 Å². The van der Waals surface area contributed by atoms with E-state index in [0.717, 1.165) is 0 Å². The van der Waals surface area contributed by atoms with Gasteiger partial charge in [-0.15, -0.1) is 0 Å². The van der Waals surface area contributed by atoms with E-state index in [1.54, 1.807) is 0 Å². The van der Waals surface area contributed by atoms with Crippen molar-refractivity contribution in [3.63, 3.8) is 0 Å². The molecular formula is C10H22K2N2O10. The van der Waals surface area contributed by atoms with E-state index in [1.807, 2.05) is 0 Å².